The lowest BCUT2D eigenvalue weighted by molar-refractivity contribution is -0.141. The van der Waals surface area contributed by atoms with Gasteiger partial charge in [-0.3, -0.25) is 14.4 Å². The quantitative estimate of drug-likeness (QED) is 0.185. The number of carbonyl (C=O) groups excluding carboxylic acids is 3. The fourth-order valence-electron chi connectivity index (χ4n) is 4.04. The zero-order valence-electron chi connectivity index (χ0n) is 22.8. The Hall–Kier alpha value is -4.59. The molecule has 0 saturated heterocycles. The summed E-state index contributed by atoms with van der Waals surface area (Å²) in [7, 11) is 1.63. The minimum Gasteiger partial charge on any atom is -0.497 e. The van der Waals surface area contributed by atoms with E-state index in [2.05, 4.69) is 22.8 Å². The van der Waals surface area contributed by atoms with E-state index in [1.54, 1.807) is 37.5 Å². The van der Waals surface area contributed by atoms with Crippen LogP contribution in [-0.2, 0) is 20.7 Å². The second-order valence-electron chi connectivity index (χ2n) is 9.52. The molecule has 1 saturated carbocycles. The van der Waals surface area contributed by atoms with Crippen molar-refractivity contribution in [2.75, 3.05) is 26.9 Å². The molecule has 0 bridgehead atoms. The van der Waals surface area contributed by atoms with E-state index >= 15 is 0 Å². The molecule has 1 fully saturated rings. The number of benzene rings is 3. The molecular formula is C32H34N2O6. The van der Waals surface area contributed by atoms with E-state index in [1.165, 1.54) is 25.3 Å². The summed E-state index contributed by atoms with van der Waals surface area (Å²) in [5.41, 5.74) is 3.66. The Bertz CT molecular complexity index is 1330. The molecule has 3 aromatic rings. The van der Waals surface area contributed by atoms with E-state index in [1.807, 2.05) is 36.4 Å². The van der Waals surface area contributed by atoms with Gasteiger partial charge in [0.1, 0.15) is 23.8 Å². The molecule has 1 aliphatic carbocycles. The lowest BCUT2D eigenvalue weighted by Gasteiger charge is -2.12. The van der Waals surface area contributed by atoms with Crippen molar-refractivity contribution in [3.63, 3.8) is 0 Å². The van der Waals surface area contributed by atoms with E-state index < -0.39 is 17.8 Å². The predicted octanol–water partition coefficient (Wildman–Crippen LogP) is 4.64. The zero-order chi connectivity index (χ0) is 28.3. The molecule has 1 aliphatic rings. The van der Waals surface area contributed by atoms with Crippen molar-refractivity contribution in [3.05, 3.63) is 101 Å². The summed E-state index contributed by atoms with van der Waals surface area (Å²) in [6, 6.07) is 22.5. The van der Waals surface area contributed by atoms with Gasteiger partial charge in [-0.2, -0.15) is 0 Å². The van der Waals surface area contributed by atoms with Crippen LogP contribution in [-0.4, -0.2) is 44.7 Å². The highest BCUT2D eigenvalue weighted by Gasteiger charge is 2.23. The van der Waals surface area contributed by atoms with Crippen LogP contribution in [0.2, 0.25) is 0 Å². The summed E-state index contributed by atoms with van der Waals surface area (Å²) in [6.07, 6.45) is 4.77. The molecule has 0 unspecified atom stereocenters. The molecule has 0 heterocycles. The highest BCUT2D eigenvalue weighted by atomic mass is 16.5. The van der Waals surface area contributed by atoms with Gasteiger partial charge in [0.25, 0.3) is 11.8 Å². The van der Waals surface area contributed by atoms with Crippen molar-refractivity contribution in [2.24, 2.45) is 0 Å². The Morgan fingerprint density at radius 3 is 2.17 bits per heavy atom. The highest BCUT2D eigenvalue weighted by Crippen LogP contribution is 2.39. The van der Waals surface area contributed by atoms with Crippen LogP contribution in [0.15, 0.2) is 78.5 Å². The van der Waals surface area contributed by atoms with Gasteiger partial charge in [0, 0.05) is 18.9 Å². The first kappa shape index (κ1) is 28.4. The molecule has 4 rings (SSSR count). The third-order valence-electron chi connectivity index (χ3n) is 6.42. The first-order valence-corrected chi connectivity index (χ1v) is 13.3. The third-order valence-corrected chi connectivity index (χ3v) is 6.42. The number of nitrogens with one attached hydrogen (secondary N) is 2. The van der Waals surface area contributed by atoms with Crippen molar-refractivity contribution in [2.45, 2.75) is 32.1 Å². The molecule has 208 valence electrons. The molecular weight excluding hydrogens is 508 g/mol. The van der Waals surface area contributed by atoms with Gasteiger partial charge in [-0.05, 0) is 77.9 Å². The van der Waals surface area contributed by atoms with Crippen LogP contribution >= 0.6 is 0 Å². The second kappa shape index (κ2) is 14.0. The van der Waals surface area contributed by atoms with Crippen LogP contribution < -0.4 is 20.1 Å². The van der Waals surface area contributed by atoms with E-state index in [4.69, 9.17) is 14.2 Å². The summed E-state index contributed by atoms with van der Waals surface area (Å²) < 4.78 is 15.9. The molecule has 3 aromatic carbocycles. The van der Waals surface area contributed by atoms with Crippen molar-refractivity contribution in [3.8, 4) is 11.5 Å². The minimum atomic E-state index is -0.481. The Balaban J connectivity index is 1.36. The standard InChI is InChI=1S/C32H34N2O6/c1-22(35)39-20-18-33-32(37)30(21-24-3-7-25(8-4-24)26-9-10-26)34-31(36)27-11-15-29(16-12-27)40-19-17-23-5-13-28(38-2)14-6-23/h3-8,11-16,21,26H,9-10,17-20H2,1-2H3,(H,33,37)(H,34,36)/b30-21-. The van der Waals surface area contributed by atoms with Crippen molar-refractivity contribution in [1.82, 2.24) is 10.6 Å². The molecule has 8 nitrogen and oxygen atoms in total. The summed E-state index contributed by atoms with van der Waals surface area (Å²) >= 11 is 0. The predicted molar refractivity (Wildman–Crippen MR) is 152 cm³/mol. The first-order valence-electron chi connectivity index (χ1n) is 13.3. The molecule has 0 aliphatic heterocycles. The number of hydrogen-bond donors (Lipinski definition) is 2. The topological polar surface area (TPSA) is 103 Å². The smallest absolute Gasteiger partial charge is 0.302 e. The molecule has 0 radical (unpaired) electrons. The average Bonchev–Trinajstić information content (AvgIpc) is 3.82. The Kier molecular flexibility index (Phi) is 9.93. The minimum absolute atomic E-state index is 0.0400. The Morgan fingerprint density at radius 1 is 0.875 bits per heavy atom. The first-order chi connectivity index (χ1) is 19.4. The molecule has 0 spiro atoms. The monoisotopic (exact) mass is 542 g/mol. The number of carbonyl (C=O) groups is 3. The van der Waals surface area contributed by atoms with Gasteiger partial charge < -0.3 is 24.8 Å². The molecule has 2 N–H and O–H groups in total. The van der Waals surface area contributed by atoms with Gasteiger partial charge in [-0.1, -0.05) is 36.4 Å². The number of hydrogen-bond acceptors (Lipinski definition) is 6. The Morgan fingerprint density at radius 2 is 1.55 bits per heavy atom. The SMILES string of the molecule is COc1ccc(CCOc2ccc(C(=O)N/C(=C\c3ccc(C4CC4)cc3)C(=O)NCCOC(C)=O)cc2)cc1. The normalized spacial score (nSPS) is 12.8. The maximum Gasteiger partial charge on any atom is 0.302 e. The number of esters is 1. The molecule has 8 heteroatoms. The maximum absolute atomic E-state index is 13.0. The van der Waals surface area contributed by atoms with E-state index in [0.29, 0.717) is 23.8 Å². The number of methoxy groups -OCH3 is 1. The van der Waals surface area contributed by atoms with Crippen LogP contribution in [0, 0.1) is 0 Å². The number of ether oxygens (including phenoxy) is 3. The van der Waals surface area contributed by atoms with Crippen LogP contribution in [0.3, 0.4) is 0 Å². The average molecular weight is 543 g/mol. The van der Waals surface area contributed by atoms with Crippen LogP contribution in [0.4, 0.5) is 0 Å². The fraction of sp³-hybridized carbons (Fsp3) is 0.281. The lowest BCUT2D eigenvalue weighted by atomic mass is 10.1. The molecule has 0 atom stereocenters. The fourth-order valence-corrected chi connectivity index (χ4v) is 4.04. The van der Waals surface area contributed by atoms with Gasteiger partial charge in [0.05, 0.1) is 20.3 Å². The second-order valence-corrected chi connectivity index (χ2v) is 9.52. The summed E-state index contributed by atoms with van der Waals surface area (Å²) in [5.74, 6) is 0.728. The Labute approximate surface area is 234 Å². The molecule has 0 aromatic heterocycles. The zero-order valence-corrected chi connectivity index (χ0v) is 22.8. The van der Waals surface area contributed by atoms with Crippen molar-refractivity contribution < 1.29 is 28.6 Å². The van der Waals surface area contributed by atoms with Crippen molar-refractivity contribution in [1.29, 1.82) is 0 Å². The maximum atomic E-state index is 13.0. The van der Waals surface area contributed by atoms with Gasteiger partial charge in [0.2, 0.25) is 0 Å². The largest absolute Gasteiger partial charge is 0.497 e. The van der Waals surface area contributed by atoms with E-state index in [9.17, 15) is 14.4 Å². The number of amides is 2. The third kappa shape index (κ3) is 8.73. The van der Waals surface area contributed by atoms with Gasteiger partial charge in [0.15, 0.2) is 0 Å². The summed E-state index contributed by atoms with van der Waals surface area (Å²) in [6.45, 7) is 1.95. The van der Waals surface area contributed by atoms with E-state index in [-0.39, 0.29) is 18.8 Å². The van der Waals surface area contributed by atoms with Crippen LogP contribution in [0.25, 0.3) is 6.08 Å². The van der Waals surface area contributed by atoms with Crippen LogP contribution in [0.1, 0.15) is 52.7 Å². The van der Waals surface area contributed by atoms with Gasteiger partial charge >= 0.3 is 5.97 Å². The molecule has 2 amide bonds. The summed E-state index contributed by atoms with van der Waals surface area (Å²) in [4.78, 5) is 36.9. The van der Waals surface area contributed by atoms with Crippen molar-refractivity contribution >= 4 is 23.9 Å². The van der Waals surface area contributed by atoms with E-state index in [0.717, 1.165) is 23.3 Å². The molecule has 40 heavy (non-hydrogen) atoms. The number of rotatable bonds is 13. The summed E-state index contributed by atoms with van der Waals surface area (Å²) in [5, 5.41) is 5.41. The van der Waals surface area contributed by atoms with Gasteiger partial charge in [-0.15, -0.1) is 0 Å². The van der Waals surface area contributed by atoms with Gasteiger partial charge in [-0.25, -0.2) is 0 Å². The lowest BCUT2D eigenvalue weighted by Crippen LogP contribution is -2.36. The van der Waals surface area contributed by atoms with Crippen LogP contribution in [0.5, 0.6) is 11.5 Å². The highest BCUT2D eigenvalue weighted by molar-refractivity contribution is 6.05.